The van der Waals surface area contributed by atoms with Gasteiger partial charge in [-0.2, -0.15) is 0 Å². The summed E-state index contributed by atoms with van der Waals surface area (Å²) in [5.41, 5.74) is 8.95. The van der Waals surface area contributed by atoms with Crippen LogP contribution in [0.25, 0.3) is 17.2 Å². The minimum Gasteiger partial charge on any atom is -0.400 e. The van der Waals surface area contributed by atoms with Gasteiger partial charge in [-0.05, 0) is 0 Å². The molecule has 3 heteroatoms. The maximum absolute atomic E-state index is 7.00. The van der Waals surface area contributed by atoms with E-state index in [9.17, 15) is 0 Å². The van der Waals surface area contributed by atoms with Crippen molar-refractivity contribution in [1.82, 2.24) is 0 Å². The molecule has 3 aromatic rings. The van der Waals surface area contributed by atoms with Crippen LogP contribution in [0.3, 0.4) is 0 Å². The zero-order valence-corrected chi connectivity index (χ0v) is 18.8. The molecule has 1 atom stereocenters. The van der Waals surface area contributed by atoms with Gasteiger partial charge in [0.1, 0.15) is 0 Å². The number of fused-ring (bicyclic) bond motifs is 4. The number of hydrogen-bond donors (Lipinski definition) is 2. The van der Waals surface area contributed by atoms with Crippen LogP contribution in [0.1, 0.15) is 37.6 Å². The zero-order chi connectivity index (χ0) is 20.8. The molecule has 0 spiro atoms. The molecule has 0 fully saturated rings. The number of benzene rings is 3. The molecule has 1 unspecified atom stereocenters. The van der Waals surface area contributed by atoms with Crippen LogP contribution in [0, 0.1) is 0 Å². The zero-order valence-electron chi connectivity index (χ0n) is 17.2. The standard InChI is InChI=1S/C13H9.C9H7.C2H4.2CH4O.Ti/c1-3-7-12-10(5-1)9-11-6-2-4-8-13(11)12;1-2-5-9-7-3-6-8(9)4-1;3*1-2;/h1-9H;1-7H;1H,2H3;2*2H,1H3;. The van der Waals surface area contributed by atoms with Gasteiger partial charge in [-0.15, -0.1) is 0 Å². The number of hydrogen-bond acceptors (Lipinski definition) is 2. The van der Waals surface area contributed by atoms with Crippen molar-refractivity contribution in [3.05, 3.63) is 101 Å². The summed E-state index contributed by atoms with van der Waals surface area (Å²) in [5, 5.41) is 14.0. The molecule has 148 valence electrons. The van der Waals surface area contributed by atoms with E-state index in [1.807, 2.05) is 0 Å². The molecule has 29 heavy (non-hydrogen) atoms. The van der Waals surface area contributed by atoms with Gasteiger partial charge >= 0.3 is 155 Å². The van der Waals surface area contributed by atoms with Crippen molar-refractivity contribution in [1.29, 1.82) is 0 Å². The van der Waals surface area contributed by atoms with Gasteiger partial charge in [-0.1, -0.05) is 0 Å². The molecule has 0 amide bonds. The molecule has 3 aromatic carbocycles. The van der Waals surface area contributed by atoms with E-state index < -0.39 is 17.4 Å². The number of rotatable bonds is 2. The van der Waals surface area contributed by atoms with E-state index in [-0.39, 0.29) is 0 Å². The first-order chi connectivity index (χ1) is 14.4. The van der Waals surface area contributed by atoms with Crippen LogP contribution in [0.4, 0.5) is 0 Å². The Kier molecular flexibility index (Phi) is 7.52. The van der Waals surface area contributed by atoms with E-state index in [1.165, 1.54) is 22.3 Å². The van der Waals surface area contributed by atoms with Crippen LogP contribution in [-0.2, 0) is 17.4 Å². The summed E-state index contributed by atoms with van der Waals surface area (Å²) in [4.78, 5) is 0. The van der Waals surface area contributed by atoms with Crippen LogP contribution < -0.4 is 0 Å². The summed E-state index contributed by atoms with van der Waals surface area (Å²) >= 11 is -1.58. The second kappa shape index (κ2) is 10.1. The van der Waals surface area contributed by atoms with Crippen molar-refractivity contribution < 1.29 is 27.6 Å². The van der Waals surface area contributed by atoms with Gasteiger partial charge in [0.2, 0.25) is 0 Å². The molecule has 2 aliphatic carbocycles. The quantitative estimate of drug-likeness (QED) is 0.561. The second-order valence-electron chi connectivity index (χ2n) is 6.86. The number of allylic oxidation sites excluding steroid dienone is 1. The van der Waals surface area contributed by atoms with Crippen molar-refractivity contribution in [2.45, 2.75) is 15.4 Å². The molecule has 2 nitrogen and oxygen atoms in total. The number of aliphatic hydroxyl groups excluding tert-OH is 2. The van der Waals surface area contributed by atoms with Crippen molar-refractivity contribution in [3.8, 4) is 11.1 Å². The first-order valence-corrected chi connectivity index (χ1v) is 12.6. The molecule has 0 aromatic heterocycles. The Morgan fingerprint density at radius 3 is 1.72 bits per heavy atom. The topological polar surface area (TPSA) is 40.5 Å². The van der Waals surface area contributed by atoms with Gasteiger partial charge in [0.15, 0.2) is 0 Å². The Morgan fingerprint density at radius 1 is 0.690 bits per heavy atom. The summed E-state index contributed by atoms with van der Waals surface area (Å²) < 4.78 is 3.80. The third-order valence-corrected chi connectivity index (χ3v) is 10.6. The van der Waals surface area contributed by atoms with Crippen LogP contribution in [0.2, 0.25) is 0 Å². The molecule has 0 saturated heterocycles. The van der Waals surface area contributed by atoms with Crippen molar-refractivity contribution in [2.24, 2.45) is 0 Å². The summed E-state index contributed by atoms with van der Waals surface area (Å²) in [6.45, 7) is 2.30. The molecule has 0 aliphatic heterocycles. The fourth-order valence-electron chi connectivity index (χ4n) is 4.58. The third-order valence-electron chi connectivity index (χ3n) is 5.66. The summed E-state index contributed by atoms with van der Waals surface area (Å²) in [6.07, 6.45) is 4.81. The van der Waals surface area contributed by atoms with Crippen molar-refractivity contribution in [2.75, 3.05) is 14.2 Å². The predicted molar refractivity (Wildman–Crippen MR) is 120 cm³/mol. The molecular formula is C26H28O2Ti. The monoisotopic (exact) mass is 420 g/mol. The molecule has 5 rings (SSSR count). The summed E-state index contributed by atoms with van der Waals surface area (Å²) in [6, 6.07) is 27.1. The van der Waals surface area contributed by atoms with E-state index in [2.05, 4.69) is 96.2 Å². The van der Waals surface area contributed by atoms with Gasteiger partial charge in [0, 0.05) is 14.2 Å². The third kappa shape index (κ3) is 3.86. The Hall–Kier alpha value is -2.10. The van der Waals surface area contributed by atoms with Gasteiger partial charge in [-0.25, -0.2) is 0 Å². The Morgan fingerprint density at radius 2 is 1.17 bits per heavy atom. The largest absolute Gasteiger partial charge is 0.400 e. The SMILES string of the molecule is C/[CH]=[Ti](\[CH]1C=Cc2ccccc21)[CH]1c2ccccc2-c2ccccc21.CO.CO. The normalized spacial score (nSPS) is 16.0. The predicted octanol–water partition coefficient (Wildman–Crippen LogP) is 5.18. The minimum absolute atomic E-state index is 0.596. The fraction of sp³-hybridized carbons (Fsp3) is 0.192. The molecule has 2 N–H and O–H groups in total. The molecule has 0 saturated carbocycles. The van der Waals surface area contributed by atoms with Crippen LogP contribution in [-0.4, -0.2) is 28.7 Å². The first-order valence-electron chi connectivity index (χ1n) is 9.89. The maximum atomic E-state index is 7.00. The smallest absolute Gasteiger partial charge is 0.0319 e. The Bertz CT molecular complexity index is 991. The summed E-state index contributed by atoms with van der Waals surface area (Å²) in [7, 11) is 2.00. The second-order valence-corrected chi connectivity index (χ2v) is 11.2. The van der Waals surface area contributed by atoms with E-state index in [0.717, 1.165) is 14.2 Å². The maximum Gasteiger partial charge on any atom is 0.0319 e. The van der Waals surface area contributed by atoms with Gasteiger partial charge in [-0.3, -0.25) is 0 Å². The molecule has 2 aliphatic rings. The Labute approximate surface area is 179 Å². The molecule has 0 bridgehead atoms. The van der Waals surface area contributed by atoms with Crippen molar-refractivity contribution >= 4 is 10.4 Å². The summed E-state index contributed by atoms with van der Waals surface area (Å²) in [5.74, 6) is 0. The van der Waals surface area contributed by atoms with E-state index in [0.29, 0.717) is 8.45 Å². The van der Waals surface area contributed by atoms with E-state index >= 15 is 0 Å². The minimum atomic E-state index is -1.58. The van der Waals surface area contributed by atoms with Crippen LogP contribution >= 0.6 is 0 Å². The number of aliphatic hydroxyl groups is 2. The average molecular weight is 420 g/mol. The molecule has 0 heterocycles. The van der Waals surface area contributed by atoms with Gasteiger partial charge in [0.05, 0.1) is 0 Å². The molecule has 0 radical (unpaired) electrons. The van der Waals surface area contributed by atoms with Gasteiger partial charge < -0.3 is 10.2 Å². The Balaban J connectivity index is 0.000000568. The van der Waals surface area contributed by atoms with E-state index in [1.54, 1.807) is 11.1 Å². The fourth-order valence-corrected chi connectivity index (χ4v) is 9.60. The van der Waals surface area contributed by atoms with E-state index in [4.69, 9.17) is 10.2 Å². The van der Waals surface area contributed by atoms with Gasteiger partial charge in [0.25, 0.3) is 0 Å². The molecular weight excluding hydrogens is 392 g/mol. The van der Waals surface area contributed by atoms with Crippen LogP contribution in [0.15, 0.2) is 78.9 Å². The van der Waals surface area contributed by atoms with Crippen molar-refractivity contribution in [3.63, 3.8) is 0 Å². The average Bonchev–Trinajstić information content (AvgIpc) is 3.38. The first kappa shape index (κ1) is 21.6. The van der Waals surface area contributed by atoms with Crippen LogP contribution in [0.5, 0.6) is 0 Å².